The average molecular weight is 264 g/mol. The summed E-state index contributed by atoms with van der Waals surface area (Å²) >= 11 is 0. The van der Waals surface area contributed by atoms with Crippen molar-refractivity contribution >= 4 is 22.9 Å². The largest absolute Gasteiger partial charge is 0.465 e. The lowest BCUT2D eigenvalue weighted by atomic mass is 10.1. The van der Waals surface area contributed by atoms with Gasteiger partial charge in [0.15, 0.2) is 0 Å². The van der Waals surface area contributed by atoms with Crippen molar-refractivity contribution in [3.05, 3.63) is 51.6 Å². The Kier molecular flexibility index (Phi) is 3.28. The van der Waals surface area contributed by atoms with Gasteiger partial charge < -0.3 is 9.72 Å². The number of esters is 1. The third kappa shape index (κ3) is 2.44. The summed E-state index contributed by atoms with van der Waals surface area (Å²) in [6, 6.07) is 2.23. The summed E-state index contributed by atoms with van der Waals surface area (Å²) in [6.45, 7) is 0. The van der Waals surface area contributed by atoms with E-state index in [1.165, 1.54) is 25.4 Å². The van der Waals surface area contributed by atoms with Gasteiger partial charge in [0.25, 0.3) is 0 Å². The molecule has 0 saturated heterocycles. The molecule has 0 amide bonds. The number of nitrogens with zero attached hydrogens (tertiary/aromatic N) is 1. The van der Waals surface area contributed by atoms with Gasteiger partial charge in [-0.1, -0.05) is 0 Å². The highest BCUT2D eigenvalue weighted by atomic mass is 19.1. The highest BCUT2D eigenvalue weighted by molar-refractivity contribution is 6.07. The molecule has 1 N–H and O–H groups in total. The number of methoxy groups -OCH3 is 1. The Morgan fingerprint density at radius 3 is 2.89 bits per heavy atom. The second-order valence-corrected chi connectivity index (χ2v) is 3.71. The molecule has 0 aliphatic rings. The molecule has 6 nitrogen and oxygen atoms in total. The number of halogens is 1. The monoisotopic (exact) mass is 264 g/mol. The first kappa shape index (κ1) is 12.7. The van der Waals surface area contributed by atoms with Gasteiger partial charge in [0.1, 0.15) is 5.82 Å². The SMILES string of the molecule is COC(=O)c1cc(F)cc2[nH]cc(C=C[N+](=O)[O-])c12. The van der Waals surface area contributed by atoms with E-state index >= 15 is 0 Å². The van der Waals surface area contributed by atoms with Crippen molar-refractivity contribution < 1.29 is 18.8 Å². The molecule has 0 saturated carbocycles. The summed E-state index contributed by atoms with van der Waals surface area (Å²) in [7, 11) is 1.18. The molecule has 1 aromatic carbocycles. The van der Waals surface area contributed by atoms with E-state index in [0.717, 1.165) is 12.3 Å². The summed E-state index contributed by atoms with van der Waals surface area (Å²) < 4.78 is 17.9. The fourth-order valence-corrected chi connectivity index (χ4v) is 1.80. The molecule has 7 heteroatoms. The maximum absolute atomic E-state index is 13.4. The third-order valence-corrected chi connectivity index (χ3v) is 2.56. The highest BCUT2D eigenvalue weighted by Crippen LogP contribution is 2.25. The topological polar surface area (TPSA) is 85.2 Å². The highest BCUT2D eigenvalue weighted by Gasteiger charge is 2.16. The van der Waals surface area contributed by atoms with E-state index in [9.17, 15) is 19.3 Å². The Balaban J connectivity index is 2.68. The minimum absolute atomic E-state index is 0.0155. The second kappa shape index (κ2) is 4.89. The molecule has 19 heavy (non-hydrogen) atoms. The molecule has 2 aromatic rings. The molecule has 0 fully saturated rings. The normalized spacial score (nSPS) is 11.1. The van der Waals surface area contributed by atoms with E-state index in [1.54, 1.807) is 0 Å². The number of H-pyrrole nitrogens is 1. The average Bonchev–Trinajstić information content (AvgIpc) is 2.77. The Labute approximate surface area is 106 Å². The molecule has 0 unspecified atom stereocenters. The lowest BCUT2D eigenvalue weighted by molar-refractivity contribution is -0.400. The fourth-order valence-electron chi connectivity index (χ4n) is 1.80. The molecule has 98 valence electrons. The molecule has 1 aromatic heterocycles. The van der Waals surface area contributed by atoms with Crippen LogP contribution in [-0.4, -0.2) is 23.0 Å². The number of aromatic nitrogens is 1. The molecule has 0 bridgehead atoms. The minimum atomic E-state index is -0.708. The number of fused-ring (bicyclic) bond motifs is 1. The van der Waals surface area contributed by atoms with Crippen LogP contribution in [0.4, 0.5) is 4.39 Å². The first-order chi connectivity index (χ1) is 9.02. The van der Waals surface area contributed by atoms with E-state index in [2.05, 4.69) is 9.72 Å². The number of hydrogen-bond acceptors (Lipinski definition) is 4. The maximum atomic E-state index is 13.4. The van der Waals surface area contributed by atoms with Crippen LogP contribution in [0.25, 0.3) is 17.0 Å². The van der Waals surface area contributed by atoms with Crippen molar-refractivity contribution in [1.82, 2.24) is 4.98 Å². The van der Waals surface area contributed by atoms with Crippen LogP contribution in [0.3, 0.4) is 0 Å². The predicted molar refractivity (Wildman–Crippen MR) is 65.6 cm³/mol. The predicted octanol–water partition coefficient (Wildman–Crippen LogP) is 2.34. The number of carbonyl (C=O) groups excluding carboxylic acids is 1. The molecule has 2 rings (SSSR count). The molecule has 0 spiro atoms. The Bertz CT molecular complexity index is 690. The molecule has 1 heterocycles. The third-order valence-electron chi connectivity index (χ3n) is 2.56. The van der Waals surface area contributed by atoms with Gasteiger partial charge in [-0.2, -0.15) is 0 Å². The Morgan fingerprint density at radius 1 is 1.53 bits per heavy atom. The Morgan fingerprint density at radius 2 is 2.26 bits per heavy atom. The fraction of sp³-hybridized carbons (Fsp3) is 0.0833. The lowest BCUT2D eigenvalue weighted by Crippen LogP contribution is -2.02. The van der Waals surface area contributed by atoms with Crippen molar-refractivity contribution in [1.29, 1.82) is 0 Å². The molecule has 0 aliphatic heterocycles. The van der Waals surface area contributed by atoms with Gasteiger partial charge in [0.2, 0.25) is 6.20 Å². The van der Waals surface area contributed by atoms with Gasteiger partial charge in [0.05, 0.1) is 17.6 Å². The number of nitrogens with one attached hydrogen (secondary N) is 1. The van der Waals surface area contributed by atoms with Gasteiger partial charge in [-0.05, 0) is 12.1 Å². The molecular weight excluding hydrogens is 255 g/mol. The lowest BCUT2D eigenvalue weighted by Gasteiger charge is -2.02. The van der Waals surface area contributed by atoms with Crippen LogP contribution in [0.5, 0.6) is 0 Å². The van der Waals surface area contributed by atoms with E-state index in [-0.39, 0.29) is 5.56 Å². The van der Waals surface area contributed by atoms with Crippen LogP contribution in [-0.2, 0) is 4.74 Å². The standard InChI is InChI=1S/C12H9FN2O4/c1-19-12(16)9-4-8(13)5-10-11(9)7(6-14-10)2-3-15(17)18/h2-6,14H,1H3. The van der Waals surface area contributed by atoms with Crippen molar-refractivity contribution in [2.45, 2.75) is 0 Å². The van der Waals surface area contributed by atoms with Crippen molar-refractivity contribution in [3.8, 4) is 0 Å². The van der Waals surface area contributed by atoms with Crippen LogP contribution >= 0.6 is 0 Å². The number of hydrogen-bond donors (Lipinski definition) is 1. The smallest absolute Gasteiger partial charge is 0.338 e. The number of aromatic amines is 1. The van der Waals surface area contributed by atoms with E-state index in [4.69, 9.17) is 0 Å². The van der Waals surface area contributed by atoms with Crippen molar-refractivity contribution in [2.75, 3.05) is 7.11 Å². The van der Waals surface area contributed by atoms with Crippen LogP contribution < -0.4 is 0 Å². The summed E-state index contributed by atoms with van der Waals surface area (Å²) in [5.41, 5.74) is 0.789. The molecule has 0 atom stereocenters. The minimum Gasteiger partial charge on any atom is -0.465 e. The molecule has 0 radical (unpaired) electrons. The zero-order valence-electron chi connectivity index (χ0n) is 9.84. The van der Waals surface area contributed by atoms with E-state index in [1.807, 2.05) is 0 Å². The number of rotatable bonds is 3. The van der Waals surface area contributed by atoms with Gasteiger partial charge in [-0.3, -0.25) is 10.1 Å². The number of nitro groups is 1. The number of benzene rings is 1. The van der Waals surface area contributed by atoms with Gasteiger partial charge in [-0.25, -0.2) is 9.18 Å². The van der Waals surface area contributed by atoms with Crippen molar-refractivity contribution in [2.24, 2.45) is 0 Å². The summed E-state index contributed by atoms with van der Waals surface area (Å²) in [4.78, 5) is 24.0. The summed E-state index contributed by atoms with van der Waals surface area (Å²) in [6.07, 6.45) is 3.42. The van der Waals surface area contributed by atoms with Crippen LogP contribution in [0.1, 0.15) is 15.9 Å². The molecular formula is C12H9FN2O4. The Hall–Kier alpha value is -2.70. The van der Waals surface area contributed by atoms with Crippen LogP contribution in [0.15, 0.2) is 24.5 Å². The zero-order chi connectivity index (χ0) is 14.0. The molecule has 0 aliphatic carbocycles. The van der Waals surface area contributed by atoms with E-state index in [0.29, 0.717) is 16.5 Å². The van der Waals surface area contributed by atoms with Crippen LogP contribution in [0, 0.1) is 15.9 Å². The first-order valence-electron chi connectivity index (χ1n) is 5.23. The maximum Gasteiger partial charge on any atom is 0.338 e. The quantitative estimate of drug-likeness (QED) is 0.523. The number of ether oxygens (including phenoxy) is 1. The second-order valence-electron chi connectivity index (χ2n) is 3.71. The van der Waals surface area contributed by atoms with Crippen LogP contribution in [0.2, 0.25) is 0 Å². The van der Waals surface area contributed by atoms with Gasteiger partial charge in [-0.15, -0.1) is 0 Å². The summed E-state index contributed by atoms with van der Waals surface area (Å²) in [5.74, 6) is -1.31. The van der Waals surface area contributed by atoms with Gasteiger partial charge >= 0.3 is 5.97 Å². The zero-order valence-corrected chi connectivity index (χ0v) is 9.84. The van der Waals surface area contributed by atoms with Crippen molar-refractivity contribution in [3.63, 3.8) is 0 Å². The summed E-state index contributed by atoms with van der Waals surface area (Å²) in [5, 5.41) is 10.7. The van der Waals surface area contributed by atoms with E-state index < -0.39 is 16.7 Å². The number of carbonyl (C=O) groups is 1. The first-order valence-corrected chi connectivity index (χ1v) is 5.23. The van der Waals surface area contributed by atoms with Gasteiger partial charge in [0, 0.05) is 28.7 Å².